The van der Waals surface area contributed by atoms with Crippen molar-refractivity contribution in [2.45, 2.75) is 12.8 Å². The highest BCUT2D eigenvalue weighted by Gasteiger charge is 2.21. The molecule has 0 aromatic carbocycles. The van der Waals surface area contributed by atoms with E-state index in [-0.39, 0.29) is 0 Å². The summed E-state index contributed by atoms with van der Waals surface area (Å²) >= 11 is 0. The molecule has 0 atom stereocenters. The van der Waals surface area contributed by atoms with Crippen LogP contribution in [0.25, 0.3) is 0 Å². The van der Waals surface area contributed by atoms with Gasteiger partial charge >= 0.3 is 0 Å². The molecule has 0 spiro atoms. The molecule has 1 aromatic heterocycles. The number of anilines is 2. The summed E-state index contributed by atoms with van der Waals surface area (Å²) in [5.41, 5.74) is 2.52. The molecule has 3 rings (SSSR count). The van der Waals surface area contributed by atoms with Crippen LogP contribution >= 0.6 is 0 Å². The molecule has 1 fully saturated rings. The Labute approximate surface area is 115 Å². The zero-order valence-corrected chi connectivity index (χ0v) is 11.9. The van der Waals surface area contributed by atoms with Crippen LogP contribution in [0.1, 0.15) is 12.1 Å². The van der Waals surface area contributed by atoms with E-state index in [4.69, 9.17) is 4.98 Å². The smallest absolute Gasteiger partial charge is 0.129 e. The predicted molar refractivity (Wildman–Crippen MR) is 78.7 cm³/mol. The van der Waals surface area contributed by atoms with Gasteiger partial charge in [-0.3, -0.25) is 0 Å². The van der Waals surface area contributed by atoms with Gasteiger partial charge in [0.05, 0.1) is 11.4 Å². The quantitative estimate of drug-likeness (QED) is 0.848. The summed E-state index contributed by atoms with van der Waals surface area (Å²) in [6.45, 7) is 5.33. The molecule has 1 aromatic rings. The highest BCUT2D eigenvalue weighted by molar-refractivity contribution is 5.56. The van der Waals surface area contributed by atoms with E-state index in [1.807, 2.05) is 0 Å². The average molecular weight is 261 g/mol. The van der Waals surface area contributed by atoms with E-state index in [1.54, 1.807) is 0 Å². The molecule has 0 amide bonds. The molecule has 0 aliphatic carbocycles. The van der Waals surface area contributed by atoms with Crippen molar-refractivity contribution in [3.05, 3.63) is 17.8 Å². The molecule has 19 heavy (non-hydrogen) atoms. The third-order valence-electron chi connectivity index (χ3n) is 3.92. The van der Waals surface area contributed by atoms with Gasteiger partial charge in [0.2, 0.25) is 0 Å². The molecule has 104 valence electrons. The number of aromatic nitrogens is 1. The van der Waals surface area contributed by atoms with Crippen molar-refractivity contribution in [2.24, 2.45) is 0 Å². The van der Waals surface area contributed by atoms with Gasteiger partial charge in [-0.15, -0.1) is 0 Å². The Balaban J connectivity index is 1.86. The molecular weight excluding hydrogens is 238 g/mol. The average Bonchev–Trinajstić information content (AvgIpc) is 2.47. The molecule has 5 heteroatoms. The first-order valence-electron chi connectivity index (χ1n) is 7.16. The second-order valence-electron chi connectivity index (χ2n) is 5.45. The SMILES string of the molecule is CN(C)N1CCCc2nc(N3CCNCC3)ccc21. The minimum atomic E-state index is 1.06. The predicted octanol–water partition coefficient (Wildman–Crippen LogP) is 0.720. The van der Waals surface area contributed by atoms with Gasteiger partial charge in [0.1, 0.15) is 5.82 Å². The molecule has 1 N–H and O–H groups in total. The van der Waals surface area contributed by atoms with Crippen LogP contribution in [0.2, 0.25) is 0 Å². The molecule has 3 heterocycles. The minimum Gasteiger partial charge on any atom is -0.354 e. The monoisotopic (exact) mass is 261 g/mol. The van der Waals surface area contributed by atoms with Crippen LogP contribution in [0.15, 0.2) is 12.1 Å². The number of fused-ring (bicyclic) bond motifs is 1. The van der Waals surface area contributed by atoms with E-state index >= 15 is 0 Å². The second kappa shape index (κ2) is 5.35. The van der Waals surface area contributed by atoms with E-state index in [0.29, 0.717) is 0 Å². The van der Waals surface area contributed by atoms with Crippen molar-refractivity contribution >= 4 is 11.5 Å². The fraction of sp³-hybridized carbons (Fsp3) is 0.643. The van der Waals surface area contributed by atoms with Gasteiger partial charge in [0.25, 0.3) is 0 Å². The van der Waals surface area contributed by atoms with E-state index in [1.165, 1.54) is 17.8 Å². The van der Waals surface area contributed by atoms with E-state index in [9.17, 15) is 0 Å². The summed E-state index contributed by atoms with van der Waals surface area (Å²) in [4.78, 5) is 7.28. The Morgan fingerprint density at radius 3 is 2.68 bits per heavy atom. The number of piperazine rings is 1. The number of nitrogens with one attached hydrogen (secondary N) is 1. The fourth-order valence-electron chi connectivity index (χ4n) is 2.90. The summed E-state index contributed by atoms with van der Waals surface area (Å²) < 4.78 is 0. The van der Waals surface area contributed by atoms with Gasteiger partial charge in [0.15, 0.2) is 0 Å². The van der Waals surface area contributed by atoms with Gasteiger partial charge < -0.3 is 15.2 Å². The first-order valence-corrected chi connectivity index (χ1v) is 7.16. The topological polar surface area (TPSA) is 34.6 Å². The first-order chi connectivity index (χ1) is 9.25. The van der Waals surface area contributed by atoms with Crippen LogP contribution in [-0.2, 0) is 6.42 Å². The van der Waals surface area contributed by atoms with Crippen LogP contribution in [0.4, 0.5) is 11.5 Å². The van der Waals surface area contributed by atoms with Crippen LogP contribution in [-0.4, -0.2) is 56.8 Å². The Kier molecular flexibility index (Phi) is 3.57. The Morgan fingerprint density at radius 1 is 1.16 bits per heavy atom. The maximum Gasteiger partial charge on any atom is 0.129 e. The number of rotatable bonds is 2. The molecule has 0 radical (unpaired) electrons. The van der Waals surface area contributed by atoms with Gasteiger partial charge in [-0.05, 0) is 25.0 Å². The zero-order chi connectivity index (χ0) is 13.2. The maximum atomic E-state index is 4.90. The number of hydrazine groups is 1. The van der Waals surface area contributed by atoms with Crippen LogP contribution < -0.4 is 15.2 Å². The summed E-state index contributed by atoms with van der Waals surface area (Å²) in [5.74, 6) is 1.14. The second-order valence-corrected chi connectivity index (χ2v) is 5.45. The van der Waals surface area contributed by atoms with Crippen LogP contribution in [0.5, 0.6) is 0 Å². The first kappa shape index (κ1) is 12.7. The third kappa shape index (κ3) is 2.53. The third-order valence-corrected chi connectivity index (χ3v) is 3.92. The summed E-state index contributed by atoms with van der Waals surface area (Å²) in [6, 6.07) is 4.41. The largest absolute Gasteiger partial charge is 0.354 e. The normalized spacial score (nSPS) is 19.7. The van der Waals surface area contributed by atoms with Gasteiger partial charge in [-0.25, -0.2) is 9.99 Å². The fourth-order valence-corrected chi connectivity index (χ4v) is 2.90. The van der Waals surface area contributed by atoms with Crippen molar-refractivity contribution in [2.75, 3.05) is 56.7 Å². The van der Waals surface area contributed by atoms with Crippen LogP contribution in [0.3, 0.4) is 0 Å². The van der Waals surface area contributed by atoms with Crippen molar-refractivity contribution < 1.29 is 0 Å². The van der Waals surface area contributed by atoms with Crippen molar-refractivity contribution in [1.29, 1.82) is 0 Å². The lowest BCUT2D eigenvalue weighted by Gasteiger charge is -2.36. The molecular formula is C14H23N5. The summed E-state index contributed by atoms with van der Waals surface area (Å²) in [5, 5.41) is 7.85. The lowest BCUT2D eigenvalue weighted by atomic mass is 10.1. The standard InChI is InChI=1S/C14H23N5/c1-17(2)19-9-3-4-12-13(19)5-6-14(16-12)18-10-7-15-8-11-18/h5-6,15H,3-4,7-11H2,1-2H3. The highest BCUT2D eigenvalue weighted by Crippen LogP contribution is 2.28. The number of aryl methyl sites for hydroxylation is 1. The molecule has 2 aliphatic heterocycles. The molecule has 0 bridgehead atoms. The summed E-state index contributed by atoms with van der Waals surface area (Å²) in [6.07, 6.45) is 2.28. The van der Waals surface area contributed by atoms with Gasteiger partial charge in [-0.2, -0.15) is 0 Å². The Morgan fingerprint density at radius 2 is 1.95 bits per heavy atom. The lowest BCUT2D eigenvalue weighted by molar-refractivity contribution is 0.356. The Hall–Kier alpha value is -1.33. The maximum absolute atomic E-state index is 4.90. The molecule has 2 aliphatic rings. The number of hydrogen-bond acceptors (Lipinski definition) is 5. The van der Waals surface area contributed by atoms with E-state index in [0.717, 1.165) is 45.0 Å². The molecule has 0 unspecified atom stereocenters. The number of nitrogens with zero attached hydrogens (tertiary/aromatic N) is 4. The van der Waals surface area contributed by atoms with E-state index < -0.39 is 0 Å². The van der Waals surface area contributed by atoms with Crippen molar-refractivity contribution in [3.8, 4) is 0 Å². The van der Waals surface area contributed by atoms with Gasteiger partial charge in [0, 0.05) is 46.8 Å². The Bertz CT molecular complexity index is 439. The molecule has 0 saturated carbocycles. The molecule has 5 nitrogen and oxygen atoms in total. The van der Waals surface area contributed by atoms with Crippen molar-refractivity contribution in [3.63, 3.8) is 0 Å². The lowest BCUT2D eigenvalue weighted by Crippen LogP contribution is -2.44. The molecule has 1 saturated heterocycles. The summed E-state index contributed by atoms with van der Waals surface area (Å²) in [7, 11) is 4.19. The number of pyridine rings is 1. The van der Waals surface area contributed by atoms with Gasteiger partial charge in [-0.1, -0.05) is 0 Å². The zero-order valence-electron chi connectivity index (χ0n) is 11.9. The van der Waals surface area contributed by atoms with Crippen molar-refractivity contribution in [1.82, 2.24) is 15.3 Å². The van der Waals surface area contributed by atoms with Crippen LogP contribution in [0, 0.1) is 0 Å². The highest BCUT2D eigenvalue weighted by atomic mass is 15.6. The minimum absolute atomic E-state index is 1.06. The number of hydrogen-bond donors (Lipinski definition) is 1. The van der Waals surface area contributed by atoms with E-state index in [2.05, 4.69) is 46.5 Å².